The Labute approximate surface area is 291 Å². The van der Waals surface area contributed by atoms with Gasteiger partial charge in [0.15, 0.2) is 45.4 Å². The lowest BCUT2D eigenvalue weighted by Crippen LogP contribution is -2.01. The molecule has 5 aromatic carbocycles. The lowest BCUT2D eigenvalue weighted by molar-refractivity contribution is 1.12. The van der Waals surface area contributed by atoms with Crippen LogP contribution < -0.4 is 0 Å². The van der Waals surface area contributed by atoms with Crippen molar-refractivity contribution in [1.82, 2.24) is 39.9 Å². The Morgan fingerprint density at radius 2 is 0.865 bits per heavy atom. The van der Waals surface area contributed by atoms with Crippen LogP contribution in [0.25, 0.3) is 111 Å². The van der Waals surface area contributed by atoms with Crippen LogP contribution in [-0.2, 0) is 0 Å². The number of rotatable bonds is 1. The molecule has 9 aromatic rings. The summed E-state index contributed by atoms with van der Waals surface area (Å²) >= 11 is 0. The Bertz CT molecular complexity index is 3410. The molecule has 11 rings (SSSR count). The zero-order valence-corrected chi connectivity index (χ0v) is 26.3. The summed E-state index contributed by atoms with van der Waals surface area (Å²) in [5.41, 5.74) is 8.30. The van der Waals surface area contributed by atoms with E-state index >= 15 is 0 Å². The van der Waals surface area contributed by atoms with Gasteiger partial charge in [0.25, 0.3) is 0 Å². The van der Waals surface area contributed by atoms with Crippen LogP contribution in [0.4, 0.5) is 0 Å². The SMILES string of the molecule is N#Cc1nc2nc3c(nc2nc1C#N)-c1cc(-c2cc4c5c(c6ccccc6cc5c2)-c2nc5nc(C#N)c(C#N)nc5nc2-4)cc2cccc-3c12. The van der Waals surface area contributed by atoms with Gasteiger partial charge in [-0.05, 0) is 63.0 Å². The first-order valence-electron chi connectivity index (χ1n) is 15.9. The molecular weight excluding hydrogens is 649 g/mol. The third-order valence-corrected chi connectivity index (χ3v) is 9.73. The van der Waals surface area contributed by atoms with Gasteiger partial charge in [0.05, 0.1) is 17.1 Å². The fourth-order valence-corrected chi connectivity index (χ4v) is 7.61. The Morgan fingerprint density at radius 3 is 1.46 bits per heavy atom. The van der Waals surface area contributed by atoms with Gasteiger partial charge >= 0.3 is 0 Å². The Morgan fingerprint density at radius 1 is 0.385 bits per heavy atom. The molecule has 0 aliphatic heterocycles. The van der Waals surface area contributed by atoms with Gasteiger partial charge in [-0.25, -0.2) is 39.9 Å². The van der Waals surface area contributed by atoms with E-state index in [0.717, 1.165) is 65.7 Å². The van der Waals surface area contributed by atoms with Crippen LogP contribution in [-0.4, -0.2) is 39.9 Å². The predicted octanol–water partition coefficient (Wildman–Crippen LogP) is 7.06. The first kappa shape index (κ1) is 27.6. The highest BCUT2D eigenvalue weighted by atomic mass is 15.0. The van der Waals surface area contributed by atoms with Crippen molar-refractivity contribution >= 4 is 54.9 Å². The molecule has 2 aliphatic carbocycles. The molecule has 12 heteroatoms. The third-order valence-electron chi connectivity index (χ3n) is 9.73. The minimum atomic E-state index is -0.103. The lowest BCUT2D eigenvalue weighted by Gasteiger charge is -2.12. The zero-order valence-electron chi connectivity index (χ0n) is 26.3. The van der Waals surface area contributed by atoms with Crippen LogP contribution in [0.5, 0.6) is 0 Å². The molecular formula is C40H12N12. The molecule has 0 bridgehead atoms. The van der Waals surface area contributed by atoms with Crippen molar-refractivity contribution in [3.05, 3.63) is 95.6 Å². The minimum absolute atomic E-state index is 0.0932. The second-order valence-electron chi connectivity index (χ2n) is 12.4. The van der Waals surface area contributed by atoms with Crippen molar-refractivity contribution in [2.45, 2.75) is 0 Å². The van der Waals surface area contributed by atoms with E-state index in [1.54, 1.807) is 0 Å². The van der Waals surface area contributed by atoms with E-state index in [1.165, 1.54) is 0 Å². The Balaban J connectivity index is 1.18. The summed E-state index contributed by atoms with van der Waals surface area (Å²) < 4.78 is 0. The maximum absolute atomic E-state index is 9.64. The van der Waals surface area contributed by atoms with E-state index < -0.39 is 0 Å². The van der Waals surface area contributed by atoms with Crippen LogP contribution in [0.2, 0.25) is 0 Å². The van der Waals surface area contributed by atoms with Gasteiger partial charge < -0.3 is 0 Å². The zero-order chi connectivity index (χ0) is 34.8. The van der Waals surface area contributed by atoms with Gasteiger partial charge in [-0.15, -0.1) is 0 Å². The summed E-state index contributed by atoms with van der Waals surface area (Å²) in [6.07, 6.45) is 0. The molecule has 4 heterocycles. The van der Waals surface area contributed by atoms with Crippen LogP contribution in [0, 0.1) is 45.3 Å². The summed E-state index contributed by atoms with van der Waals surface area (Å²) in [6.45, 7) is 0. The normalized spacial score (nSPS) is 11.8. The monoisotopic (exact) mass is 660 g/mol. The molecule has 52 heavy (non-hydrogen) atoms. The summed E-state index contributed by atoms with van der Waals surface area (Å²) in [6, 6.07) is 32.5. The van der Waals surface area contributed by atoms with E-state index in [-0.39, 0.29) is 45.4 Å². The molecule has 12 nitrogen and oxygen atoms in total. The second kappa shape index (κ2) is 9.64. The van der Waals surface area contributed by atoms with Gasteiger partial charge in [-0.2, -0.15) is 21.0 Å². The number of hydrogen-bond donors (Lipinski definition) is 0. The number of fused-ring (bicyclic) bond motifs is 10. The van der Waals surface area contributed by atoms with Crippen molar-refractivity contribution < 1.29 is 0 Å². The van der Waals surface area contributed by atoms with Crippen LogP contribution in [0.1, 0.15) is 22.8 Å². The molecule has 0 N–H and O–H groups in total. The van der Waals surface area contributed by atoms with Gasteiger partial charge in [0.1, 0.15) is 30.0 Å². The van der Waals surface area contributed by atoms with Crippen molar-refractivity contribution in [1.29, 1.82) is 21.0 Å². The molecule has 0 unspecified atom stereocenters. The highest BCUT2D eigenvalue weighted by Crippen LogP contribution is 2.52. The topological polar surface area (TPSA) is 198 Å². The predicted molar refractivity (Wildman–Crippen MR) is 189 cm³/mol. The summed E-state index contributed by atoms with van der Waals surface area (Å²) in [7, 11) is 0. The number of hydrogen-bond acceptors (Lipinski definition) is 12. The quantitative estimate of drug-likeness (QED) is 0.163. The van der Waals surface area contributed by atoms with Gasteiger partial charge in [-0.1, -0.05) is 42.5 Å². The fourth-order valence-electron chi connectivity index (χ4n) is 7.61. The highest BCUT2D eigenvalue weighted by molar-refractivity contribution is 6.24. The van der Waals surface area contributed by atoms with Gasteiger partial charge in [0, 0.05) is 33.0 Å². The Kier molecular flexibility index (Phi) is 5.12. The molecule has 4 aromatic heterocycles. The highest BCUT2D eigenvalue weighted by Gasteiger charge is 2.31. The summed E-state index contributed by atoms with van der Waals surface area (Å²) in [5, 5.41) is 44.3. The molecule has 2 aliphatic rings. The summed E-state index contributed by atoms with van der Waals surface area (Å²) in [5.74, 6) is 0. The van der Waals surface area contributed by atoms with Gasteiger partial charge in [-0.3, -0.25) is 0 Å². The van der Waals surface area contributed by atoms with Crippen LogP contribution in [0.15, 0.2) is 72.8 Å². The second-order valence-corrected chi connectivity index (χ2v) is 12.4. The van der Waals surface area contributed by atoms with Crippen molar-refractivity contribution in [2.24, 2.45) is 0 Å². The smallest absolute Gasteiger partial charge is 0.199 e. The van der Waals surface area contributed by atoms with Crippen molar-refractivity contribution in [3.63, 3.8) is 0 Å². The fraction of sp³-hybridized carbons (Fsp3) is 0. The summed E-state index contributed by atoms with van der Waals surface area (Å²) in [4.78, 5) is 36.8. The van der Waals surface area contributed by atoms with Crippen LogP contribution in [0.3, 0.4) is 0 Å². The maximum Gasteiger partial charge on any atom is 0.199 e. The largest absolute Gasteiger partial charge is 0.223 e. The van der Waals surface area contributed by atoms with Gasteiger partial charge in [0.2, 0.25) is 0 Å². The van der Waals surface area contributed by atoms with E-state index in [4.69, 9.17) is 19.9 Å². The first-order valence-corrected chi connectivity index (χ1v) is 15.9. The molecule has 232 valence electrons. The average Bonchev–Trinajstić information content (AvgIpc) is 3.67. The molecule has 0 spiro atoms. The van der Waals surface area contributed by atoms with Crippen molar-refractivity contribution in [2.75, 3.05) is 0 Å². The standard InChI is InChI=1S/C40H12N12/c41-13-26-27(14-42)46-38-37(45-26)49-33-23-7-3-5-18-9-19(11-24(30(18)23)34(33)50-38)20-10-21-8-17-4-1-2-6-22(17)32-31(21)25(12-20)35-36(32)52-40-39(51-35)47-28(15-43)29(16-44)48-40/h1-12H. The van der Waals surface area contributed by atoms with E-state index in [1.807, 2.05) is 48.5 Å². The molecule has 0 radical (unpaired) electrons. The number of nitriles is 4. The van der Waals surface area contributed by atoms with E-state index in [0.29, 0.717) is 22.8 Å². The number of nitrogens with zero attached hydrogens (tertiary/aromatic N) is 12. The van der Waals surface area contributed by atoms with Crippen molar-refractivity contribution in [3.8, 4) is 80.4 Å². The maximum atomic E-state index is 9.64. The molecule has 0 amide bonds. The average molecular weight is 661 g/mol. The molecule has 0 fully saturated rings. The van der Waals surface area contributed by atoms with Crippen LogP contribution >= 0.6 is 0 Å². The Hall–Kier alpha value is -8.32. The molecule has 0 saturated heterocycles. The third kappa shape index (κ3) is 3.49. The molecule has 0 atom stereocenters. The number of aromatic nitrogens is 8. The minimum Gasteiger partial charge on any atom is -0.223 e. The first-order chi connectivity index (χ1) is 25.5. The molecule has 0 saturated carbocycles. The van der Waals surface area contributed by atoms with E-state index in [9.17, 15) is 21.0 Å². The lowest BCUT2D eigenvalue weighted by atomic mass is 9.92. The number of benzene rings is 5. The van der Waals surface area contributed by atoms with E-state index in [2.05, 4.69) is 68.5 Å².